The predicted molar refractivity (Wildman–Crippen MR) is 61.8 cm³/mol. The Morgan fingerprint density at radius 3 is 2.53 bits per heavy atom. The van der Waals surface area contributed by atoms with Gasteiger partial charge >= 0.3 is 5.51 Å². The molecule has 2 rings (SSSR count). The second-order valence-corrected chi connectivity index (χ2v) is 5.73. The van der Waals surface area contributed by atoms with E-state index in [0.717, 1.165) is 6.17 Å². The van der Waals surface area contributed by atoms with Crippen LogP contribution in [0.1, 0.15) is 26.2 Å². The van der Waals surface area contributed by atoms with Crippen molar-refractivity contribution in [3.05, 3.63) is 0 Å². The third-order valence-corrected chi connectivity index (χ3v) is 3.72. The van der Waals surface area contributed by atoms with Gasteiger partial charge in [-0.15, -0.1) is 0 Å². The van der Waals surface area contributed by atoms with Crippen molar-refractivity contribution in [3.63, 3.8) is 0 Å². The van der Waals surface area contributed by atoms with E-state index >= 15 is 0 Å². The second-order valence-electron chi connectivity index (χ2n) is 4.36. The Labute approximate surface area is 110 Å². The van der Waals surface area contributed by atoms with Crippen molar-refractivity contribution < 1.29 is 30.7 Å². The molecule has 0 radical (unpaired) electrons. The third-order valence-electron chi connectivity index (χ3n) is 3.15. The summed E-state index contributed by atoms with van der Waals surface area (Å²) < 4.78 is 61.4. The van der Waals surface area contributed by atoms with Gasteiger partial charge in [0.1, 0.15) is 12.8 Å². The first-order chi connectivity index (χ1) is 8.67. The topological polar surface area (TPSA) is 63.5 Å². The Balaban J connectivity index is 0.000000203. The molecule has 19 heavy (non-hydrogen) atoms. The number of fused-ring (bicyclic) bond motifs is 1. The lowest BCUT2D eigenvalue weighted by Crippen LogP contribution is -2.44. The first kappa shape index (κ1) is 16.4. The van der Waals surface area contributed by atoms with Gasteiger partial charge in [0.25, 0.3) is 0 Å². The van der Waals surface area contributed by atoms with Crippen LogP contribution in [0.5, 0.6) is 0 Å². The highest BCUT2D eigenvalue weighted by Gasteiger charge is 2.37. The molecule has 1 saturated heterocycles. The fourth-order valence-electron chi connectivity index (χ4n) is 2.28. The molecule has 5 nitrogen and oxygen atoms in total. The maximum atomic E-state index is 10.7. The van der Waals surface area contributed by atoms with Gasteiger partial charge in [0.05, 0.1) is 0 Å². The SMILES string of the molecule is CCN1CCC=[N+]2CCCC12.O=S(=O)([O-])C(F)(F)F. The zero-order chi connectivity index (χ0) is 14.7. The van der Waals surface area contributed by atoms with Crippen LogP contribution in [-0.4, -0.2) is 60.0 Å². The lowest BCUT2D eigenvalue weighted by atomic mass is 10.2. The van der Waals surface area contributed by atoms with E-state index in [1.165, 1.54) is 38.9 Å². The molecule has 0 saturated carbocycles. The third kappa shape index (κ3) is 4.43. The van der Waals surface area contributed by atoms with E-state index in [2.05, 4.69) is 22.6 Å². The average Bonchev–Trinajstić information content (AvgIpc) is 2.74. The molecular formula is C10H17F3N2O3S. The minimum absolute atomic E-state index is 0.758. The molecule has 1 unspecified atom stereocenters. The summed E-state index contributed by atoms with van der Waals surface area (Å²) in [6.07, 6.45) is 7.17. The van der Waals surface area contributed by atoms with Crippen molar-refractivity contribution in [1.82, 2.24) is 4.90 Å². The molecule has 2 aliphatic heterocycles. The zero-order valence-corrected chi connectivity index (χ0v) is 11.4. The van der Waals surface area contributed by atoms with Crippen LogP contribution in [0.2, 0.25) is 0 Å². The van der Waals surface area contributed by atoms with Crippen molar-refractivity contribution in [1.29, 1.82) is 0 Å². The molecule has 2 aliphatic rings. The Morgan fingerprint density at radius 1 is 1.47 bits per heavy atom. The normalized spacial score (nSPS) is 24.3. The summed E-state index contributed by atoms with van der Waals surface area (Å²) in [5.74, 6) is 0. The number of hydrogen-bond donors (Lipinski definition) is 0. The monoisotopic (exact) mass is 302 g/mol. The van der Waals surface area contributed by atoms with Crippen molar-refractivity contribution in [2.75, 3.05) is 19.6 Å². The fraction of sp³-hybridized carbons (Fsp3) is 0.900. The molecule has 9 heteroatoms. The molecule has 0 aliphatic carbocycles. The Hall–Kier alpha value is -0.670. The Kier molecular flexibility index (Phi) is 5.34. The summed E-state index contributed by atoms with van der Waals surface area (Å²) in [5, 5.41) is 0. The van der Waals surface area contributed by atoms with E-state index in [4.69, 9.17) is 13.0 Å². The Morgan fingerprint density at radius 2 is 2.05 bits per heavy atom. The summed E-state index contributed by atoms with van der Waals surface area (Å²) in [6.45, 7) is 6.05. The summed E-state index contributed by atoms with van der Waals surface area (Å²) >= 11 is 0. The minimum Gasteiger partial charge on any atom is -0.741 e. The highest BCUT2D eigenvalue weighted by atomic mass is 32.2. The summed E-state index contributed by atoms with van der Waals surface area (Å²) in [5.41, 5.74) is -5.65. The number of halogens is 3. The maximum Gasteiger partial charge on any atom is 0.485 e. The lowest BCUT2D eigenvalue weighted by Gasteiger charge is -2.26. The molecule has 0 amide bonds. The van der Waals surface area contributed by atoms with E-state index in [0.29, 0.717) is 0 Å². The van der Waals surface area contributed by atoms with Gasteiger partial charge in [0.15, 0.2) is 10.1 Å². The first-order valence-corrected chi connectivity index (χ1v) is 7.43. The second kappa shape index (κ2) is 6.19. The van der Waals surface area contributed by atoms with E-state index in [1.807, 2.05) is 0 Å². The molecule has 0 aromatic carbocycles. The first-order valence-electron chi connectivity index (χ1n) is 6.02. The van der Waals surface area contributed by atoms with Crippen LogP contribution in [0.4, 0.5) is 13.2 Å². The quantitative estimate of drug-likeness (QED) is 0.411. The van der Waals surface area contributed by atoms with Crippen LogP contribution in [0.15, 0.2) is 0 Å². The van der Waals surface area contributed by atoms with E-state index < -0.39 is 15.6 Å². The fourth-order valence-corrected chi connectivity index (χ4v) is 2.28. The van der Waals surface area contributed by atoms with Crippen LogP contribution in [0.3, 0.4) is 0 Å². The van der Waals surface area contributed by atoms with Crippen LogP contribution in [0.25, 0.3) is 0 Å². The number of rotatable bonds is 1. The van der Waals surface area contributed by atoms with Crippen LogP contribution < -0.4 is 0 Å². The minimum atomic E-state index is -6.09. The molecule has 0 spiro atoms. The number of nitrogens with zero attached hydrogens (tertiary/aromatic N) is 2. The number of hydrogen-bond acceptors (Lipinski definition) is 4. The van der Waals surface area contributed by atoms with Crippen LogP contribution in [-0.2, 0) is 10.1 Å². The summed E-state index contributed by atoms with van der Waals surface area (Å²) in [7, 11) is -6.09. The zero-order valence-electron chi connectivity index (χ0n) is 10.6. The largest absolute Gasteiger partial charge is 0.741 e. The van der Waals surface area contributed by atoms with Gasteiger partial charge in [0, 0.05) is 32.4 Å². The molecular weight excluding hydrogens is 285 g/mol. The summed E-state index contributed by atoms with van der Waals surface area (Å²) in [4.78, 5) is 2.59. The van der Waals surface area contributed by atoms with E-state index in [1.54, 1.807) is 0 Å². The van der Waals surface area contributed by atoms with Gasteiger partial charge in [-0.1, -0.05) is 6.92 Å². The molecule has 1 atom stereocenters. The smallest absolute Gasteiger partial charge is 0.485 e. The molecule has 112 valence electrons. The van der Waals surface area contributed by atoms with Crippen molar-refractivity contribution in [2.45, 2.75) is 37.9 Å². The molecule has 0 aromatic heterocycles. The predicted octanol–water partition coefficient (Wildman–Crippen LogP) is 0.967. The molecule has 1 fully saturated rings. The highest BCUT2D eigenvalue weighted by molar-refractivity contribution is 7.86. The van der Waals surface area contributed by atoms with Gasteiger partial charge in [0.2, 0.25) is 6.17 Å². The van der Waals surface area contributed by atoms with Gasteiger partial charge in [-0.3, -0.25) is 0 Å². The molecule has 0 aromatic rings. The number of alkyl halides is 3. The van der Waals surface area contributed by atoms with Gasteiger partial charge in [-0.25, -0.2) is 17.9 Å². The van der Waals surface area contributed by atoms with Gasteiger partial charge < -0.3 is 4.55 Å². The summed E-state index contributed by atoms with van der Waals surface area (Å²) in [6, 6.07) is 0. The Bertz CT molecular complexity index is 434. The molecule has 2 heterocycles. The maximum absolute atomic E-state index is 10.7. The molecule has 0 N–H and O–H groups in total. The van der Waals surface area contributed by atoms with E-state index in [-0.39, 0.29) is 0 Å². The van der Waals surface area contributed by atoms with Crippen LogP contribution >= 0.6 is 0 Å². The highest BCUT2D eigenvalue weighted by Crippen LogP contribution is 2.20. The van der Waals surface area contributed by atoms with Crippen LogP contribution in [0, 0.1) is 0 Å². The standard InChI is InChI=1S/C9H17N2.CHF3O3S/c1-2-10-7-4-8-11-6-3-5-9(10)11;2-1(3,4)8(5,6)7/h8-9H,2-7H2,1H3;(H,5,6,7)/q+1;/p-1. The van der Waals surface area contributed by atoms with Crippen molar-refractivity contribution in [3.8, 4) is 0 Å². The van der Waals surface area contributed by atoms with Gasteiger partial charge in [-0.05, 0) is 0 Å². The molecule has 0 bridgehead atoms. The van der Waals surface area contributed by atoms with E-state index in [9.17, 15) is 13.2 Å². The average molecular weight is 302 g/mol. The lowest BCUT2D eigenvalue weighted by molar-refractivity contribution is -0.570. The van der Waals surface area contributed by atoms with Crippen molar-refractivity contribution >= 4 is 16.3 Å². The van der Waals surface area contributed by atoms with Gasteiger partial charge in [-0.2, -0.15) is 13.2 Å². The van der Waals surface area contributed by atoms with Crippen molar-refractivity contribution in [2.24, 2.45) is 0 Å².